The van der Waals surface area contributed by atoms with Gasteiger partial charge in [-0.2, -0.15) is 0 Å². The van der Waals surface area contributed by atoms with Gasteiger partial charge in [0.2, 0.25) is 0 Å². The number of anilines is 1. The number of hydrogen-bond acceptors (Lipinski definition) is 4. The van der Waals surface area contributed by atoms with Gasteiger partial charge in [0, 0.05) is 35.9 Å². The summed E-state index contributed by atoms with van der Waals surface area (Å²) in [5.74, 6) is 0.976. The van der Waals surface area contributed by atoms with Crippen molar-refractivity contribution in [1.29, 1.82) is 0 Å². The van der Waals surface area contributed by atoms with Crippen molar-refractivity contribution in [2.24, 2.45) is 5.73 Å². The van der Waals surface area contributed by atoms with Gasteiger partial charge in [-0.3, -0.25) is 0 Å². The lowest BCUT2D eigenvalue weighted by atomic mass is 10.1. The summed E-state index contributed by atoms with van der Waals surface area (Å²) in [5, 5.41) is 8.77. The Labute approximate surface area is 110 Å². The number of nitrogens with two attached hydrogens (primary N) is 1. The Balaban J connectivity index is 1.95. The molecule has 2 heterocycles. The van der Waals surface area contributed by atoms with E-state index in [9.17, 15) is 0 Å². The second kappa shape index (κ2) is 4.59. The van der Waals surface area contributed by atoms with Crippen LogP contribution in [0.1, 0.15) is 11.4 Å². The number of rotatable bonds is 2. The Hall–Kier alpha value is -1.59. The summed E-state index contributed by atoms with van der Waals surface area (Å²) >= 11 is 6.19. The molecule has 0 unspecified atom stereocenters. The minimum Gasteiger partial charge on any atom is -0.362 e. The van der Waals surface area contributed by atoms with Gasteiger partial charge in [0.25, 0.3) is 0 Å². The van der Waals surface area contributed by atoms with Crippen LogP contribution in [0.25, 0.3) is 0 Å². The third-order valence-corrected chi connectivity index (χ3v) is 3.63. The van der Waals surface area contributed by atoms with E-state index in [0.29, 0.717) is 6.54 Å². The zero-order chi connectivity index (χ0) is 12.5. The van der Waals surface area contributed by atoms with Crippen LogP contribution in [0.3, 0.4) is 0 Å². The highest BCUT2D eigenvalue weighted by Gasteiger charge is 2.20. The van der Waals surface area contributed by atoms with Gasteiger partial charge >= 0.3 is 0 Å². The molecular formula is C12H14ClN5. The number of aromatic nitrogens is 3. The van der Waals surface area contributed by atoms with Gasteiger partial charge in [0.1, 0.15) is 6.33 Å². The Bertz CT molecular complexity index is 565. The van der Waals surface area contributed by atoms with Crippen molar-refractivity contribution < 1.29 is 0 Å². The molecule has 1 aliphatic rings. The molecule has 1 aliphatic heterocycles. The van der Waals surface area contributed by atoms with Crippen molar-refractivity contribution in [2.75, 3.05) is 11.4 Å². The first-order valence-electron chi connectivity index (χ1n) is 5.88. The molecule has 0 aliphatic carbocycles. The van der Waals surface area contributed by atoms with Crippen LogP contribution in [-0.4, -0.2) is 21.3 Å². The fourth-order valence-corrected chi connectivity index (χ4v) is 2.56. The third kappa shape index (κ3) is 1.85. The van der Waals surface area contributed by atoms with Crippen LogP contribution in [0.2, 0.25) is 5.02 Å². The van der Waals surface area contributed by atoms with E-state index in [1.807, 2.05) is 12.1 Å². The predicted octanol–water partition coefficient (Wildman–Crippen LogP) is 1.41. The summed E-state index contributed by atoms with van der Waals surface area (Å²) < 4.78 is 2.07. The van der Waals surface area contributed by atoms with Crippen LogP contribution in [-0.2, 0) is 19.6 Å². The van der Waals surface area contributed by atoms with Gasteiger partial charge < -0.3 is 15.2 Å². The molecule has 1 aromatic heterocycles. The number of halogens is 1. The van der Waals surface area contributed by atoms with E-state index in [2.05, 4.69) is 25.7 Å². The van der Waals surface area contributed by atoms with Crippen LogP contribution in [0.5, 0.6) is 0 Å². The summed E-state index contributed by atoms with van der Waals surface area (Å²) in [4.78, 5) is 2.25. The lowest BCUT2D eigenvalue weighted by molar-refractivity contribution is 0.559. The summed E-state index contributed by atoms with van der Waals surface area (Å²) in [6, 6.07) is 5.88. The molecule has 2 N–H and O–H groups in total. The molecule has 0 saturated carbocycles. The molecule has 5 nitrogen and oxygen atoms in total. The van der Waals surface area contributed by atoms with E-state index in [1.54, 1.807) is 6.33 Å². The van der Waals surface area contributed by atoms with Crippen molar-refractivity contribution in [3.8, 4) is 0 Å². The van der Waals surface area contributed by atoms with Gasteiger partial charge in [-0.15, -0.1) is 10.2 Å². The topological polar surface area (TPSA) is 60.0 Å². The van der Waals surface area contributed by atoms with Gasteiger partial charge in [0.05, 0.1) is 6.54 Å². The Kier molecular flexibility index (Phi) is 2.93. The SMILES string of the molecule is NCc1c(Cl)cccc1N1CCn2cnnc2C1. The summed E-state index contributed by atoms with van der Waals surface area (Å²) in [7, 11) is 0. The van der Waals surface area contributed by atoms with E-state index in [-0.39, 0.29) is 0 Å². The van der Waals surface area contributed by atoms with Crippen LogP contribution in [0.4, 0.5) is 5.69 Å². The Morgan fingerprint density at radius 1 is 1.33 bits per heavy atom. The molecule has 6 heteroatoms. The normalized spacial score (nSPS) is 14.7. The van der Waals surface area contributed by atoms with E-state index in [4.69, 9.17) is 17.3 Å². The molecule has 0 spiro atoms. The number of fused-ring (bicyclic) bond motifs is 1. The molecule has 0 amide bonds. The molecular weight excluding hydrogens is 250 g/mol. The molecule has 0 fully saturated rings. The first-order chi connectivity index (χ1) is 8.79. The third-order valence-electron chi connectivity index (χ3n) is 3.28. The van der Waals surface area contributed by atoms with E-state index < -0.39 is 0 Å². The monoisotopic (exact) mass is 263 g/mol. The Morgan fingerprint density at radius 3 is 3.06 bits per heavy atom. The van der Waals surface area contributed by atoms with Gasteiger partial charge in [-0.25, -0.2) is 0 Å². The zero-order valence-electron chi connectivity index (χ0n) is 9.88. The summed E-state index contributed by atoms with van der Waals surface area (Å²) in [5.41, 5.74) is 7.88. The quantitative estimate of drug-likeness (QED) is 0.890. The first-order valence-corrected chi connectivity index (χ1v) is 6.26. The van der Waals surface area contributed by atoms with Crippen LogP contribution < -0.4 is 10.6 Å². The standard InChI is InChI=1S/C12H14ClN5/c13-10-2-1-3-11(9(10)6-14)17-4-5-18-8-15-16-12(18)7-17/h1-3,8H,4-7,14H2. The number of hydrogen-bond donors (Lipinski definition) is 1. The first kappa shape index (κ1) is 11.5. The van der Waals surface area contributed by atoms with E-state index in [1.165, 1.54) is 0 Å². The Morgan fingerprint density at radius 2 is 2.22 bits per heavy atom. The second-order valence-corrected chi connectivity index (χ2v) is 4.71. The van der Waals surface area contributed by atoms with Crippen molar-refractivity contribution in [3.05, 3.63) is 40.9 Å². The minimum absolute atomic E-state index is 0.443. The lowest BCUT2D eigenvalue weighted by Gasteiger charge is -2.30. The predicted molar refractivity (Wildman–Crippen MR) is 70.4 cm³/mol. The molecule has 94 valence electrons. The molecule has 3 rings (SSSR count). The smallest absolute Gasteiger partial charge is 0.152 e. The fourth-order valence-electron chi connectivity index (χ4n) is 2.32. The van der Waals surface area contributed by atoms with Crippen LogP contribution in [0.15, 0.2) is 24.5 Å². The zero-order valence-corrected chi connectivity index (χ0v) is 10.6. The summed E-state index contributed by atoms with van der Waals surface area (Å²) in [6.45, 7) is 2.99. The van der Waals surface area contributed by atoms with Gasteiger partial charge in [0.15, 0.2) is 5.82 Å². The average molecular weight is 264 g/mol. The van der Waals surface area contributed by atoms with Crippen molar-refractivity contribution in [1.82, 2.24) is 14.8 Å². The molecule has 18 heavy (non-hydrogen) atoms. The maximum absolute atomic E-state index is 6.19. The molecule has 0 radical (unpaired) electrons. The molecule has 0 bridgehead atoms. The van der Waals surface area contributed by atoms with Gasteiger partial charge in [-0.1, -0.05) is 17.7 Å². The maximum atomic E-state index is 6.19. The minimum atomic E-state index is 0.443. The second-order valence-electron chi connectivity index (χ2n) is 4.30. The van der Waals surface area contributed by atoms with Crippen LogP contribution in [0, 0.1) is 0 Å². The van der Waals surface area contributed by atoms with E-state index >= 15 is 0 Å². The molecule has 1 aromatic carbocycles. The van der Waals surface area contributed by atoms with Crippen LogP contribution >= 0.6 is 11.6 Å². The highest BCUT2D eigenvalue weighted by molar-refractivity contribution is 6.31. The number of benzene rings is 1. The average Bonchev–Trinajstić information content (AvgIpc) is 2.85. The maximum Gasteiger partial charge on any atom is 0.152 e. The van der Waals surface area contributed by atoms with Crippen molar-refractivity contribution in [3.63, 3.8) is 0 Å². The van der Waals surface area contributed by atoms with Crippen molar-refractivity contribution in [2.45, 2.75) is 19.6 Å². The van der Waals surface area contributed by atoms with Gasteiger partial charge in [-0.05, 0) is 12.1 Å². The summed E-state index contributed by atoms with van der Waals surface area (Å²) in [6.07, 6.45) is 1.77. The highest BCUT2D eigenvalue weighted by atomic mass is 35.5. The van der Waals surface area contributed by atoms with Crippen molar-refractivity contribution >= 4 is 17.3 Å². The highest BCUT2D eigenvalue weighted by Crippen LogP contribution is 2.29. The molecule has 2 aromatic rings. The van der Waals surface area contributed by atoms with E-state index in [0.717, 1.165) is 41.7 Å². The molecule has 0 saturated heterocycles. The largest absolute Gasteiger partial charge is 0.362 e. The number of nitrogens with zero attached hydrogens (tertiary/aromatic N) is 4. The molecule has 0 atom stereocenters. The fraction of sp³-hybridized carbons (Fsp3) is 0.333. The lowest BCUT2D eigenvalue weighted by Crippen LogP contribution is -2.34.